The number of hydrogen-bond donors (Lipinski definition) is 0. The zero-order valence-corrected chi connectivity index (χ0v) is 9.67. The molecule has 1 fully saturated rings. The summed E-state index contributed by atoms with van der Waals surface area (Å²) < 4.78 is 0. The summed E-state index contributed by atoms with van der Waals surface area (Å²) in [7, 11) is 0. The molecule has 0 radical (unpaired) electrons. The van der Waals surface area contributed by atoms with E-state index < -0.39 is 0 Å². The third kappa shape index (κ3) is 4.33. The van der Waals surface area contributed by atoms with E-state index in [4.69, 9.17) is 0 Å². The summed E-state index contributed by atoms with van der Waals surface area (Å²) in [6.07, 6.45) is 17.3. The Kier molecular flexibility index (Phi) is 5.84. The molecule has 0 heteroatoms. The Bertz CT molecular complexity index is 238. The first-order valence-corrected chi connectivity index (χ1v) is 6.02. The second-order valence-electron chi connectivity index (χ2n) is 4.12. The van der Waals surface area contributed by atoms with Gasteiger partial charge in [0.2, 0.25) is 0 Å². The van der Waals surface area contributed by atoms with Crippen molar-refractivity contribution in [2.45, 2.75) is 44.9 Å². The lowest BCUT2D eigenvalue weighted by Crippen LogP contribution is -1.89. The van der Waals surface area contributed by atoms with Gasteiger partial charge in [-0.05, 0) is 36.8 Å². The molecule has 15 heavy (non-hydrogen) atoms. The van der Waals surface area contributed by atoms with Crippen LogP contribution in [0.5, 0.6) is 0 Å². The smallest absolute Gasteiger partial charge is 0.0276 e. The molecule has 0 saturated heterocycles. The van der Waals surface area contributed by atoms with E-state index in [1.54, 1.807) is 0 Å². The predicted octanol–water partition coefficient (Wildman–Crippen LogP) is 4.96. The molecule has 0 unspecified atom stereocenters. The summed E-state index contributed by atoms with van der Waals surface area (Å²) in [4.78, 5) is 0. The predicted molar refractivity (Wildman–Crippen MR) is 68.9 cm³/mol. The molecule has 0 N–H and O–H groups in total. The summed E-state index contributed by atoms with van der Waals surface area (Å²) in [6.45, 7) is 7.59. The molecule has 1 rings (SSSR count). The van der Waals surface area contributed by atoms with Crippen LogP contribution < -0.4 is 0 Å². The van der Waals surface area contributed by atoms with Crippen LogP contribution in [0.2, 0.25) is 0 Å². The van der Waals surface area contributed by atoms with Gasteiger partial charge >= 0.3 is 0 Å². The molecule has 1 aliphatic rings. The van der Waals surface area contributed by atoms with Crippen LogP contribution in [0.4, 0.5) is 0 Å². The molecule has 0 aromatic rings. The Balaban J connectivity index is 2.81. The minimum atomic E-state index is 1.20. The molecular weight excluding hydrogens is 180 g/mol. The lowest BCUT2D eigenvalue weighted by Gasteiger charge is -2.09. The minimum absolute atomic E-state index is 1.20. The van der Waals surface area contributed by atoms with Crippen LogP contribution in [0.15, 0.2) is 48.6 Å². The van der Waals surface area contributed by atoms with Crippen LogP contribution in [-0.2, 0) is 0 Å². The first-order valence-electron chi connectivity index (χ1n) is 6.02. The Labute approximate surface area is 94.1 Å². The quantitative estimate of drug-likeness (QED) is 0.594. The summed E-state index contributed by atoms with van der Waals surface area (Å²) in [5, 5.41) is 0. The van der Waals surface area contributed by atoms with Gasteiger partial charge in [-0.1, -0.05) is 56.7 Å². The van der Waals surface area contributed by atoms with Crippen molar-refractivity contribution in [3.8, 4) is 0 Å². The van der Waals surface area contributed by atoms with Gasteiger partial charge in [0.1, 0.15) is 0 Å². The van der Waals surface area contributed by atoms with Crippen LogP contribution >= 0.6 is 0 Å². The average Bonchev–Trinajstić information content (AvgIpc) is 2.34. The topological polar surface area (TPSA) is 0 Å². The molecule has 0 aromatic heterocycles. The molecule has 0 spiro atoms. The molecule has 0 atom stereocenters. The molecule has 1 aliphatic carbocycles. The standard InChI is InChI=1S/C15H22/c1-3-10-14-12-8-6-5-7-9-13-15(14)11-4-2/h3-4,10-11H,1-2,5-9,12-13H2/b14-10-,15-11-. The fraction of sp³-hybridized carbons (Fsp3) is 0.467. The number of hydrogen-bond acceptors (Lipinski definition) is 0. The van der Waals surface area contributed by atoms with Crippen LogP contribution in [0.3, 0.4) is 0 Å². The first-order chi connectivity index (χ1) is 7.38. The third-order valence-corrected chi connectivity index (χ3v) is 2.94. The van der Waals surface area contributed by atoms with E-state index in [2.05, 4.69) is 25.3 Å². The van der Waals surface area contributed by atoms with Crippen LogP contribution in [0.1, 0.15) is 44.9 Å². The fourth-order valence-corrected chi connectivity index (χ4v) is 2.15. The van der Waals surface area contributed by atoms with Gasteiger partial charge in [0.25, 0.3) is 0 Å². The molecule has 0 bridgehead atoms. The van der Waals surface area contributed by atoms with Gasteiger partial charge < -0.3 is 0 Å². The Morgan fingerprint density at radius 2 is 1.07 bits per heavy atom. The monoisotopic (exact) mass is 202 g/mol. The van der Waals surface area contributed by atoms with E-state index in [0.717, 1.165) is 0 Å². The second kappa shape index (κ2) is 7.28. The summed E-state index contributed by atoms with van der Waals surface area (Å²) in [5.41, 5.74) is 2.93. The molecule has 0 amide bonds. The van der Waals surface area contributed by atoms with Crippen LogP contribution in [0, 0.1) is 0 Å². The highest BCUT2D eigenvalue weighted by Crippen LogP contribution is 2.26. The largest absolute Gasteiger partial charge is 0.0991 e. The summed E-state index contributed by atoms with van der Waals surface area (Å²) in [5.74, 6) is 0. The maximum Gasteiger partial charge on any atom is -0.0276 e. The van der Waals surface area contributed by atoms with Crippen molar-refractivity contribution in [3.05, 3.63) is 48.6 Å². The van der Waals surface area contributed by atoms with Crippen molar-refractivity contribution in [2.75, 3.05) is 0 Å². The SMILES string of the molecule is C=C/C=C1/CCCCCCC/C1=C/C=C. The minimum Gasteiger partial charge on any atom is -0.0991 e. The highest BCUT2D eigenvalue weighted by Gasteiger charge is 2.06. The van der Waals surface area contributed by atoms with Crippen molar-refractivity contribution in [3.63, 3.8) is 0 Å². The van der Waals surface area contributed by atoms with Gasteiger partial charge in [-0.15, -0.1) is 0 Å². The van der Waals surface area contributed by atoms with E-state index in [1.165, 1.54) is 56.1 Å². The van der Waals surface area contributed by atoms with Crippen molar-refractivity contribution in [1.82, 2.24) is 0 Å². The van der Waals surface area contributed by atoms with Gasteiger partial charge in [-0.25, -0.2) is 0 Å². The van der Waals surface area contributed by atoms with E-state index >= 15 is 0 Å². The number of allylic oxidation sites excluding steroid dienone is 6. The van der Waals surface area contributed by atoms with Gasteiger partial charge in [0, 0.05) is 0 Å². The summed E-state index contributed by atoms with van der Waals surface area (Å²) in [6, 6.07) is 0. The molecule has 0 aliphatic heterocycles. The highest BCUT2D eigenvalue weighted by molar-refractivity contribution is 5.35. The molecular formula is C15H22. The lowest BCUT2D eigenvalue weighted by molar-refractivity contribution is 0.633. The van der Waals surface area contributed by atoms with E-state index in [9.17, 15) is 0 Å². The van der Waals surface area contributed by atoms with E-state index in [-0.39, 0.29) is 0 Å². The fourth-order valence-electron chi connectivity index (χ4n) is 2.15. The Morgan fingerprint density at radius 1 is 0.667 bits per heavy atom. The van der Waals surface area contributed by atoms with Gasteiger partial charge in [0.05, 0.1) is 0 Å². The average molecular weight is 202 g/mol. The van der Waals surface area contributed by atoms with Crippen LogP contribution in [0.25, 0.3) is 0 Å². The van der Waals surface area contributed by atoms with Crippen molar-refractivity contribution in [1.29, 1.82) is 0 Å². The first kappa shape index (κ1) is 12.0. The normalized spacial score (nSPS) is 24.3. The van der Waals surface area contributed by atoms with Gasteiger partial charge in [0.15, 0.2) is 0 Å². The second-order valence-corrected chi connectivity index (χ2v) is 4.12. The van der Waals surface area contributed by atoms with Gasteiger partial charge in [-0.2, -0.15) is 0 Å². The number of rotatable bonds is 2. The maximum absolute atomic E-state index is 3.80. The zero-order chi connectivity index (χ0) is 10.9. The third-order valence-electron chi connectivity index (χ3n) is 2.94. The molecule has 0 nitrogen and oxygen atoms in total. The zero-order valence-electron chi connectivity index (χ0n) is 9.67. The Morgan fingerprint density at radius 3 is 1.47 bits per heavy atom. The lowest BCUT2D eigenvalue weighted by atomic mass is 9.97. The summed E-state index contributed by atoms with van der Waals surface area (Å²) >= 11 is 0. The van der Waals surface area contributed by atoms with Crippen molar-refractivity contribution < 1.29 is 0 Å². The highest BCUT2D eigenvalue weighted by atomic mass is 14.1. The van der Waals surface area contributed by atoms with E-state index in [0.29, 0.717) is 0 Å². The van der Waals surface area contributed by atoms with Crippen molar-refractivity contribution in [2.24, 2.45) is 0 Å². The molecule has 0 heterocycles. The molecule has 0 aromatic carbocycles. The maximum atomic E-state index is 3.80. The van der Waals surface area contributed by atoms with E-state index in [1.807, 2.05) is 12.2 Å². The van der Waals surface area contributed by atoms with Crippen molar-refractivity contribution >= 4 is 0 Å². The van der Waals surface area contributed by atoms with Crippen LogP contribution in [-0.4, -0.2) is 0 Å². The molecule has 1 saturated carbocycles. The van der Waals surface area contributed by atoms with Gasteiger partial charge in [-0.3, -0.25) is 0 Å². The molecule has 82 valence electrons. The Hall–Kier alpha value is -1.04.